The van der Waals surface area contributed by atoms with Gasteiger partial charge < -0.3 is 19.5 Å². The van der Waals surface area contributed by atoms with Gasteiger partial charge in [-0.25, -0.2) is 0 Å². The van der Waals surface area contributed by atoms with Gasteiger partial charge in [0.2, 0.25) is 5.91 Å². The average molecular weight is 384 g/mol. The number of fused-ring (bicyclic) bond motifs is 1. The fourth-order valence-electron chi connectivity index (χ4n) is 3.39. The van der Waals surface area contributed by atoms with Crippen molar-refractivity contribution in [1.82, 2.24) is 4.90 Å². The van der Waals surface area contributed by atoms with Crippen molar-refractivity contribution < 1.29 is 23.8 Å². The van der Waals surface area contributed by atoms with Gasteiger partial charge in [0.1, 0.15) is 17.5 Å². The number of hydrogen-bond donors (Lipinski definition) is 1. The molecule has 148 valence electrons. The zero-order valence-electron chi connectivity index (χ0n) is 16.2. The highest BCUT2D eigenvalue weighted by Crippen LogP contribution is 2.29. The summed E-state index contributed by atoms with van der Waals surface area (Å²) in [7, 11) is 4.46. The van der Waals surface area contributed by atoms with Crippen molar-refractivity contribution in [2.45, 2.75) is 19.0 Å². The normalized spacial score (nSPS) is 16.0. The Morgan fingerprint density at radius 1 is 1.07 bits per heavy atom. The van der Waals surface area contributed by atoms with E-state index in [4.69, 9.17) is 14.2 Å². The van der Waals surface area contributed by atoms with Gasteiger partial charge in [-0.2, -0.15) is 0 Å². The molecule has 2 aromatic carbocycles. The first-order chi connectivity index (χ1) is 13.5. The molecule has 7 heteroatoms. The van der Waals surface area contributed by atoms with Crippen molar-refractivity contribution >= 4 is 17.6 Å². The second-order valence-electron chi connectivity index (χ2n) is 6.53. The van der Waals surface area contributed by atoms with Crippen LogP contribution in [0, 0.1) is 0 Å². The van der Waals surface area contributed by atoms with Crippen molar-refractivity contribution in [2.75, 3.05) is 33.2 Å². The summed E-state index contributed by atoms with van der Waals surface area (Å²) in [6.45, 7) is 0.562. The van der Waals surface area contributed by atoms with Crippen LogP contribution in [0.1, 0.15) is 11.1 Å². The molecule has 0 unspecified atom stereocenters. The van der Waals surface area contributed by atoms with E-state index in [1.54, 1.807) is 25.3 Å². The molecule has 0 fully saturated rings. The van der Waals surface area contributed by atoms with Gasteiger partial charge in [-0.05, 0) is 29.7 Å². The summed E-state index contributed by atoms with van der Waals surface area (Å²) in [5, 5.41) is 2.85. The molecule has 0 bridgehead atoms. The Morgan fingerprint density at radius 2 is 1.82 bits per heavy atom. The van der Waals surface area contributed by atoms with E-state index < -0.39 is 6.04 Å². The summed E-state index contributed by atoms with van der Waals surface area (Å²) < 4.78 is 15.4. The highest BCUT2D eigenvalue weighted by molar-refractivity contribution is 5.94. The van der Waals surface area contributed by atoms with Crippen molar-refractivity contribution in [3.05, 3.63) is 53.6 Å². The molecule has 1 N–H and O–H groups in total. The zero-order valence-corrected chi connectivity index (χ0v) is 16.2. The number of carbonyl (C=O) groups excluding carboxylic acids is 2. The standard InChI is InChI=1S/C21H24N2O5/c1-26-16-8-9-17(19(11-16)27-2)22-20(24)13-23-12-15-7-5-4-6-14(15)10-18(23)21(25)28-3/h4-9,11,18H,10,12-13H2,1-3H3,(H,22,24)/t18-/m1/s1. The van der Waals surface area contributed by atoms with E-state index >= 15 is 0 Å². The molecule has 2 aromatic rings. The maximum absolute atomic E-state index is 12.7. The second-order valence-corrected chi connectivity index (χ2v) is 6.53. The molecule has 1 aliphatic heterocycles. The summed E-state index contributed by atoms with van der Waals surface area (Å²) in [5.74, 6) is 0.551. The van der Waals surface area contributed by atoms with Gasteiger partial charge in [0.05, 0.1) is 33.6 Å². The van der Waals surface area contributed by atoms with E-state index in [-0.39, 0.29) is 18.4 Å². The number of anilines is 1. The molecule has 1 aliphatic rings. The molecule has 28 heavy (non-hydrogen) atoms. The predicted molar refractivity (Wildman–Crippen MR) is 105 cm³/mol. The molecular formula is C21H24N2O5. The lowest BCUT2D eigenvalue weighted by Gasteiger charge is -2.34. The monoisotopic (exact) mass is 384 g/mol. The molecule has 0 spiro atoms. The minimum Gasteiger partial charge on any atom is -0.497 e. The Hall–Kier alpha value is -3.06. The molecule has 3 rings (SSSR count). The van der Waals surface area contributed by atoms with Crippen LogP contribution in [0.2, 0.25) is 0 Å². The Bertz CT molecular complexity index is 868. The van der Waals surface area contributed by atoms with Gasteiger partial charge in [-0.15, -0.1) is 0 Å². The lowest BCUT2D eigenvalue weighted by Crippen LogP contribution is -2.49. The van der Waals surface area contributed by atoms with Crippen LogP contribution in [-0.4, -0.2) is 50.7 Å². The van der Waals surface area contributed by atoms with Crippen molar-refractivity contribution in [3.63, 3.8) is 0 Å². The molecule has 1 amide bonds. The summed E-state index contributed by atoms with van der Waals surface area (Å²) in [6, 6.07) is 12.6. The highest BCUT2D eigenvalue weighted by atomic mass is 16.5. The van der Waals surface area contributed by atoms with Gasteiger partial charge in [-0.3, -0.25) is 14.5 Å². The Balaban J connectivity index is 1.75. The SMILES string of the molecule is COC(=O)[C@H]1Cc2ccccc2CN1CC(=O)Nc1ccc(OC)cc1OC. The average Bonchev–Trinajstić information content (AvgIpc) is 2.72. The van der Waals surface area contributed by atoms with Crippen LogP contribution in [0.4, 0.5) is 5.69 Å². The highest BCUT2D eigenvalue weighted by Gasteiger charge is 2.33. The fraction of sp³-hybridized carbons (Fsp3) is 0.333. The molecular weight excluding hydrogens is 360 g/mol. The molecule has 0 aromatic heterocycles. The number of nitrogens with one attached hydrogen (secondary N) is 1. The predicted octanol–water partition coefficient (Wildman–Crippen LogP) is 2.24. The molecule has 1 heterocycles. The number of amides is 1. The molecule has 0 saturated carbocycles. The minimum atomic E-state index is -0.497. The number of methoxy groups -OCH3 is 3. The number of hydrogen-bond acceptors (Lipinski definition) is 6. The van der Waals surface area contributed by atoms with Crippen LogP contribution < -0.4 is 14.8 Å². The van der Waals surface area contributed by atoms with E-state index in [0.717, 1.165) is 11.1 Å². The smallest absolute Gasteiger partial charge is 0.323 e. The van der Waals surface area contributed by atoms with Gasteiger partial charge >= 0.3 is 5.97 Å². The van der Waals surface area contributed by atoms with Crippen LogP contribution in [0.3, 0.4) is 0 Å². The first kappa shape index (κ1) is 19.7. The number of carbonyl (C=O) groups is 2. The number of benzene rings is 2. The Morgan fingerprint density at radius 3 is 2.50 bits per heavy atom. The first-order valence-electron chi connectivity index (χ1n) is 8.96. The van der Waals surface area contributed by atoms with E-state index in [0.29, 0.717) is 30.2 Å². The van der Waals surface area contributed by atoms with Crippen molar-refractivity contribution in [1.29, 1.82) is 0 Å². The summed E-state index contributed by atoms with van der Waals surface area (Å²) >= 11 is 0. The quantitative estimate of drug-likeness (QED) is 0.770. The second kappa shape index (κ2) is 8.75. The van der Waals surface area contributed by atoms with Gasteiger partial charge in [-0.1, -0.05) is 24.3 Å². The number of ether oxygens (including phenoxy) is 3. The van der Waals surface area contributed by atoms with E-state index in [9.17, 15) is 9.59 Å². The first-order valence-corrected chi connectivity index (χ1v) is 8.96. The van der Waals surface area contributed by atoms with Crippen LogP contribution in [0.5, 0.6) is 11.5 Å². The molecule has 0 aliphatic carbocycles. The largest absolute Gasteiger partial charge is 0.497 e. The number of nitrogens with zero attached hydrogens (tertiary/aromatic N) is 1. The third kappa shape index (κ3) is 4.26. The fourth-order valence-corrected chi connectivity index (χ4v) is 3.39. The van der Waals surface area contributed by atoms with E-state index in [1.807, 2.05) is 29.2 Å². The van der Waals surface area contributed by atoms with E-state index in [2.05, 4.69) is 5.32 Å². The lowest BCUT2D eigenvalue weighted by atomic mass is 9.94. The van der Waals surface area contributed by atoms with E-state index in [1.165, 1.54) is 14.2 Å². The van der Waals surface area contributed by atoms with Crippen LogP contribution in [0.15, 0.2) is 42.5 Å². The summed E-state index contributed by atoms with van der Waals surface area (Å²) in [6.07, 6.45) is 0.516. The van der Waals surface area contributed by atoms with Crippen molar-refractivity contribution in [3.8, 4) is 11.5 Å². The summed E-state index contributed by atoms with van der Waals surface area (Å²) in [4.78, 5) is 26.8. The minimum absolute atomic E-state index is 0.0588. The molecule has 1 atom stereocenters. The summed E-state index contributed by atoms with van der Waals surface area (Å²) in [5.41, 5.74) is 2.75. The third-order valence-electron chi connectivity index (χ3n) is 4.85. The molecule has 0 radical (unpaired) electrons. The van der Waals surface area contributed by atoms with Crippen LogP contribution >= 0.6 is 0 Å². The zero-order chi connectivity index (χ0) is 20.1. The van der Waals surface area contributed by atoms with Gasteiger partial charge in [0.25, 0.3) is 0 Å². The lowest BCUT2D eigenvalue weighted by molar-refractivity contribution is -0.148. The van der Waals surface area contributed by atoms with Crippen LogP contribution in [0.25, 0.3) is 0 Å². The van der Waals surface area contributed by atoms with Crippen molar-refractivity contribution in [2.24, 2.45) is 0 Å². The third-order valence-corrected chi connectivity index (χ3v) is 4.85. The number of esters is 1. The van der Waals surface area contributed by atoms with Crippen LogP contribution in [-0.2, 0) is 27.3 Å². The molecule has 0 saturated heterocycles. The number of rotatable bonds is 6. The topological polar surface area (TPSA) is 77.1 Å². The maximum Gasteiger partial charge on any atom is 0.323 e. The maximum atomic E-state index is 12.7. The Labute approximate surface area is 164 Å². The Kier molecular flexibility index (Phi) is 6.16. The van der Waals surface area contributed by atoms with Gasteiger partial charge in [0, 0.05) is 12.6 Å². The van der Waals surface area contributed by atoms with Gasteiger partial charge in [0.15, 0.2) is 0 Å². The molecule has 7 nitrogen and oxygen atoms in total.